The summed E-state index contributed by atoms with van der Waals surface area (Å²) in [5, 5.41) is 13.3. The van der Waals surface area contributed by atoms with Gasteiger partial charge in [-0.25, -0.2) is 0 Å². The van der Waals surface area contributed by atoms with Crippen LogP contribution in [-0.4, -0.2) is 26.0 Å². The Labute approximate surface area is 97.6 Å². The zero-order chi connectivity index (χ0) is 11.0. The first kappa shape index (κ1) is 9.99. The second kappa shape index (κ2) is 3.68. The van der Waals surface area contributed by atoms with Crippen molar-refractivity contribution in [2.24, 2.45) is 0 Å². The Morgan fingerprint density at radius 3 is 3.00 bits per heavy atom. The van der Waals surface area contributed by atoms with Crippen LogP contribution in [0.2, 0.25) is 0 Å². The van der Waals surface area contributed by atoms with Gasteiger partial charge < -0.3 is 10.4 Å². The van der Waals surface area contributed by atoms with Gasteiger partial charge in [0.15, 0.2) is 0 Å². The van der Waals surface area contributed by atoms with Crippen LogP contribution in [0.3, 0.4) is 0 Å². The van der Waals surface area contributed by atoms with Crippen molar-refractivity contribution in [1.29, 1.82) is 0 Å². The van der Waals surface area contributed by atoms with E-state index in [4.69, 9.17) is 0 Å². The number of hydrogen-bond donors (Lipinski definition) is 2. The Kier molecular flexibility index (Phi) is 2.29. The number of fused-ring (bicyclic) bond motifs is 1. The molecule has 0 saturated heterocycles. The maximum atomic E-state index is 10.00. The van der Waals surface area contributed by atoms with Crippen molar-refractivity contribution in [3.05, 3.63) is 18.2 Å². The lowest BCUT2D eigenvalue weighted by Gasteiger charge is -2.36. The monoisotopic (exact) mass is 235 g/mol. The Hall–Kier alpha value is -1.20. The first-order valence-electron chi connectivity index (χ1n) is 5.44. The van der Waals surface area contributed by atoms with Gasteiger partial charge in [-0.3, -0.25) is 0 Å². The summed E-state index contributed by atoms with van der Waals surface area (Å²) in [6.07, 6.45) is 2.91. The number of nitrogens with zero attached hydrogens (tertiary/aromatic N) is 2. The van der Waals surface area contributed by atoms with Gasteiger partial charge in [-0.05, 0) is 31.4 Å². The summed E-state index contributed by atoms with van der Waals surface area (Å²) < 4.78 is 8.44. The molecule has 84 valence electrons. The lowest BCUT2D eigenvalue weighted by molar-refractivity contribution is -0.0201. The fraction of sp³-hybridized carbons (Fsp3) is 0.455. The smallest absolute Gasteiger partial charge is 0.127 e. The van der Waals surface area contributed by atoms with Crippen molar-refractivity contribution in [3.8, 4) is 0 Å². The topological polar surface area (TPSA) is 58.0 Å². The van der Waals surface area contributed by atoms with Gasteiger partial charge in [0, 0.05) is 6.54 Å². The summed E-state index contributed by atoms with van der Waals surface area (Å²) in [7, 11) is 0. The average Bonchev–Trinajstić information content (AvgIpc) is 2.72. The summed E-state index contributed by atoms with van der Waals surface area (Å²) in [5.41, 5.74) is 2.27. The van der Waals surface area contributed by atoms with E-state index in [0.29, 0.717) is 6.54 Å². The third kappa shape index (κ3) is 1.66. The van der Waals surface area contributed by atoms with E-state index in [1.165, 1.54) is 11.7 Å². The molecule has 4 nitrogen and oxygen atoms in total. The molecule has 3 rings (SSSR count). The number of nitrogens with one attached hydrogen (secondary N) is 1. The number of aliphatic hydroxyl groups is 1. The molecule has 0 amide bonds. The van der Waals surface area contributed by atoms with Crippen molar-refractivity contribution in [2.75, 3.05) is 11.9 Å². The molecule has 1 aliphatic carbocycles. The fourth-order valence-corrected chi connectivity index (χ4v) is 2.52. The van der Waals surface area contributed by atoms with Crippen molar-refractivity contribution < 1.29 is 5.11 Å². The molecule has 0 atom stereocenters. The van der Waals surface area contributed by atoms with Crippen LogP contribution in [0.5, 0.6) is 0 Å². The van der Waals surface area contributed by atoms with Gasteiger partial charge in [-0.1, -0.05) is 6.07 Å². The maximum absolute atomic E-state index is 10.00. The third-order valence-electron chi connectivity index (χ3n) is 3.18. The lowest BCUT2D eigenvalue weighted by atomic mass is 9.80. The van der Waals surface area contributed by atoms with E-state index in [-0.39, 0.29) is 0 Å². The van der Waals surface area contributed by atoms with Gasteiger partial charge in [-0.2, -0.15) is 8.75 Å². The normalized spacial score (nSPS) is 18.3. The minimum absolute atomic E-state index is 0.508. The van der Waals surface area contributed by atoms with E-state index in [1.54, 1.807) is 0 Å². The van der Waals surface area contributed by atoms with Crippen LogP contribution in [0.15, 0.2) is 18.2 Å². The van der Waals surface area contributed by atoms with E-state index in [9.17, 15) is 5.11 Å². The van der Waals surface area contributed by atoms with E-state index >= 15 is 0 Å². The second-order valence-electron chi connectivity index (χ2n) is 4.37. The molecule has 1 aromatic heterocycles. The Bertz CT molecular complexity index is 507. The summed E-state index contributed by atoms with van der Waals surface area (Å²) in [4.78, 5) is 0. The van der Waals surface area contributed by atoms with E-state index in [0.717, 1.165) is 36.0 Å². The number of anilines is 1. The molecule has 0 unspecified atom stereocenters. The van der Waals surface area contributed by atoms with Crippen LogP contribution in [0, 0.1) is 0 Å². The molecule has 1 heterocycles. The molecule has 5 heteroatoms. The molecule has 16 heavy (non-hydrogen) atoms. The summed E-state index contributed by atoms with van der Waals surface area (Å²) >= 11 is 1.22. The first-order chi connectivity index (χ1) is 7.77. The highest BCUT2D eigenvalue weighted by molar-refractivity contribution is 7.00. The predicted molar refractivity (Wildman–Crippen MR) is 64.7 cm³/mol. The Morgan fingerprint density at radius 2 is 2.25 bits per heavy atom. The van der Waals surface area contributed by atoms with Gasteiger partial charge >= 0.3 is 0 Å². The molecule has 1 aliphatic rings. The van der Waals surface area contributed by atoms with Gasteiger partial charge in [0.25, 0.3) is 0 Å². The highest BCUT2D eigenvalue weighted by Crippen LogP contribution is 2.32. The average molecular weight is 235 g/mol. The number of benzene rings is 1. The fourth-order valence-electron chi connectivity index (χ4n) is 1.97. The SMILES string of the molecule is OC1(CNc2cccc3nsnc23)CCC1. The lowest BCUT2D eigenvalue weighted by Crippen LogP contribution is -2.43. The second-order valence-corrected chi connectivity index (χ2v) is 4.90. The molecule has 1 aromatic carbocycles. The summed E-state index contributed by atoms with van der Waals surface area (Å²) in [6.45, 7) is 0.601. The van der Waals surface area contributed by atoms with Crippen molar-refractivity contribution in [1.82, 2.24) is 8.75 Å². The quantitative estimate of drug-likeness (QED) is 0.854. The van der Waals surface area contributed by atoms with Crippen molar-refractivity contribution in [3.63, 3.8) is 0 Å². The summed E-state index contributed by atoms with van der Waals surface area (Å²) in [5.74, 6) is 0. The number of aromatic nitrogens is 2. The molecular formula is C11H13N3OS. The molecule has 2 N–H and O–H groups in total. The molecule has 0 spiro atoms. The van der Waals surface area contributed by atoms with Crippen molar-refractivity contribution in [2.45, 2.75) is 24.9 Å². The van der Waals surface area contributed by atoms with Crippen LogP contribution >= 0.6 is 11.7 Å². The predicted octanol–water partition coefficient (Wildman–Crippen LogP) is 2.02. The zero-order valence-corrected chi connectivity index (χ0v) is 9.63. The van der Waals surface area contributed by atoms with E-state index in [1.807, 2.05) is 18.2 Å². The highest BCUT2D eigenvalue weighted by atomic mass is 32.1. The minimum atomic E-state index is -0.508. The molecule has 1 fully saturated rings. The maximum Gasteiger partial charge on any atom is 0.127 e. The van der Waals surface area contributed by atoms with Gasteiger partial charge in [0.1, 0.15) is 11.0 Å². The molecular weight excluding hydrogens is 222 g/mol. The highest BCUT2D eigenvalue weighted by Gasteiger charge is 2.34. The minimum Gasteiger partial charge on any atom is -0.388 e. The standard InChI is InChI=1S/C11H13N3OS/c15-11(5-2-6-11)7-12-8-3-1-4-9-10(8)14-16-13-9/h1,3-4,12,15H,2,5-7H2. The zero-order valence-electron chi connectivity index (χ0n) is 8.81. The molecule has 0 aliphatic heterocycles. The van der Waals surface area contributed by atoms with E-state index in [2.05, 4.69) is 14.1 Å². The van der Waals surface area contributed by atoms with Crippen LogP contribution in [0.1, 0.15) is 19.3 Å². The van der Waals surface area contributed by atoms with Crippen molar-refractivity contribution >= 4 is 28.4 Å². The Morgan fingerprint density at radius 1 is 1.38 bits per heavy atom. The largest absolute Gasteiger partial charge is 0.388 e. The van der Waals surface area contributed by atoms with Crippen LogP contribution < -0.4 is 5.32 Å². The van der Waals surface area contributed by atoms with Crippen LogP contribution in [-0.2, 0) is 0 Å². The van der Waals surface area contributed by atoms with Crippen LogP contribution in [0.25, 0.3) is 11.0 Å². The van der Waals surface area contributed by atoms with Crippen LogP contribution in [0.4, 0.5) is 5.69 Å². The molecule has 1 saturated carbocycles. The summed E-state index contributed by atoms with van der Waals surface area (Å²) in [6, 6.07) is 5.88. The van der Waals surface area contributed by atoms with Gasteiger partial charge in [-0.15, -0.1) is 0 Å². The first-order valence-corrected chi connectivity index (χ1v) is 6.17. The Balaban J connectivity index is 1.81. The van der Waals surface area contributed by atoms with Gasteiger partial charge in [0.05, 0.1) is 23.0 Å². The van der Waals surface area contributed by atoms with E-state index < -0.39 is 5.60 Å². The molecule has 0 bridgehead atoms. The third-order valence-corrected chi connectivity index (χ3v) is 3.72. The number of rotatable bonds is 3. The molecule has 0 radical (unpaired) electrons. The number of hydrogen-bond acceptors (Lipinski definition) is 5. The van der Waals surface area contributed by atoms with Gasteiger partial charge in [0.2, 0.25) is 0 Å². The molecule has 2 aromatic rings.